The molecule has 0 unspecified atom stereocenters. The molecule has 7 nitrogen and oxygen atoms in total. The van der Waals surface area contributed by atoms with Gasteiger partial charge in [0.15, 0.2) is 0 Å². The Morgan fingerprint density at radius 3 is 2.88 bits per heavy atom. The van der Waals surface area contributed by atoms with Gasteiger partial charge in [0.25, 0.3) is 5.91 Å². The molecule has 0 spiro atoms. The molecular weight excluding hydrogens is 320 g/mol. The maximum absolute atomic E-state index is 12.7. The fourth-order valence-electron chi connectivity index (χ4n) is 3.59. The summed E-state index contributed by atoms with van der Waals surface area (Å²) in [6, 6.07) is 3.92. The van der Waals surface area contributed by atoms with E-state index in [1.807, 2.05) is 17.0 Å². The van der Waals surface area contributed by atoms with Crippen molar-refractivity contribution in [1.29, 1.82) is 0 Å². The van der Waals surface area contributed by atoms with Gasteiger partial charge in [0, 0.05) is 31.3 Å². The molecule has 130 valence electrons. The first-order valence-corrected chi connectivity index (χ1v) is 8.52. The highest BCUT2D eigenvalue weighted by Gasteiger charge is 2.45. The number of carbonyl (C=O) groups is 1. The monoisotopic (exact) mass is 340 g/mol. The molecule has 25 heavy (non-hydrogen) atoms. The number of hydrogen-bond donors (Lipinski definition) is 0. The van der Waals surface area contributed by atoms with Gasteiger partial charge >= 0.3 is 0 Å². The summed E-state index contributed by atoms with van der Waals surface area (Å²) in [4.78, 5) is 26.8. The van der Waals surface area contributed by atoms with Crippen molar-refractivity contribution in [1.82, 2.24) is 19.9 Å². The van der Waals surface area contributed by atoms with Crippen LogP contribution in [0.2, 0.25) is 0 Å². The summed E-state index contributed by atoms with van der Waals surface area (Å²) in [6.07, 6.45) is 9.80. The lowest BCUT2D eigenvalue weighted by Gasteiger charge is -2.38. The van der Waals surface area contributed by atoms with Gasteiger partial charge in [0.2, 0.25) is 0 Å². The number of morpholine rings is 1. The number of carbonyl (C=O) groups excluding carboxylic acids is 1. The van der Waals surface area contributed by atoms with Crippen LogP contribution in [0.5, 0.6) is 0 Å². The fourth-order valence-corrected chi connectivity index (χ4v) is 3.59. The molecule has 4 rings (SSSR count). The topological polar surface area (TPSA) is 77.4 Å². The second-order valence-electron chi connectivity index (χ2n) is 6.27. The maximum Gasteiger partial charge on any atom is 0.274 e. The van der Waals surface area contributed by atoms with Crippen LogP contribution < -0.4 is 0 Å². The van der Waals surface area contributed by atoms with Crippen LogP contribution in [0.25, 0.3) is 0 Å². The van der Waals surface area contributed by atoms with Crippen LogP contribution in [0.3, 0.4) is 0 Å². The van der Waals surface area contributed by atoms with Crippen molar-refractivity contribution in [2.75, 3.05) is 13.2 Å². The second kappa shape index (κ2) is 7.25. The zero-order chi connectivity index (χ0) is 17.1. The van der Waals surface area contributed by atoms with Gasteiger partial charge in [-0.25, -0.2) is 4.98 Å². The molecule has 3 atom stereocenters. The van der Waals surface area contributed by atoms with Crippen molar-refractivity contribution < 1.29 is 14.3 Å². The first-order valence-electron chi connectivity index (χ1n) is 8.52. The lowest BCUT2D eigenvalue weighted by atomic mass is 10.1. The smallest absolute Gasteiger partial charge is 0.274 e. The third-order valence-corrected chi connectivity index (χ3v) is 4.79. The van der Waals surface area contributed by atoms with Crippen molar-refractivity contribution >= 4 is 5.91 Å². The zero-order valence-electron chi connectivity index (χ0n) is 13.8. The van der Waals surface area contributed by atoms with Crippen molar-refractivity contribution in [3.8, 4) is 0 Å². The number of nitrogens with zero attached hydrogens (tertiary/aromatic N) is 4. The largest absolute Gasteiger partial charge is 0.372 e. The normalized spacial score (nSPS) is 25.6. The van der Waals surface area contributed by atoms with Gasteiger partial charge in [0.05, 0.1) is 31.6 Å². The number of aromatic nitrogens is 3. The van der Waals surface area contributed by atoms with E-state index in [0.717, 1.165) is 18.4 Å². The maximum atomic E-state index is 12.7. The van der Waals surface area contributed by atoms with E-state index >= 15 is 0 Å². The van der Waals surface area contributed by atoms with Crippen LogP contribution in [0, 0.1) is 0 Å². The van der Waals surface area contributed by atoms with Crippen molar-refractivity contribution in [3.63, 3.8) is 0 Å². The Bertz CT molecular complexity index is 713. The van der Waals surface area contributed by atoms with E-state index < -0.39 is 0 Å². The summed E-state index contributed by atoms with van der Waals surface area (Å²) in [5.41, 5.74) is 1.46. The van der Waals surface area contributed by atoms with Gasteiger partial charge in [-0.2, -0.15) is 0 Å². The predicted molar refractivity (Wildman–Crippen MR) is 88.6 cm³/mol. The summed E-state index contributed by atoms with van der Waals surface area (Å²) in [7, 11) is 0. The molecule has 2 fully saturated rings. The third kappa shape index (κ3) is 3.38. The summed E-state index contributed by atoms with van der Waals surface area (Å²) < 4.78 is 12.0. The van der Waals surface area contributed by atoms with Gasteiger partial charge in [-0.1, -0.05) is 0 Å². The Labute approximate surface area is 146 Å². The van der Waals surface area contributed by atoms with E-state index in [1.54, 1.807) is 24.8 Å². The van der Waals surface area contributed by atoms with Gasteiger partial charge in [-0.15, -0.1) is 0 Å². The van der Waals surface area contributed by atoms with Crippen LogP contribution in [-0.2, 0) is 16.1 Å². The highest BCUT2D eigenvalue weighted by molar-refractivity contribution is 5.92. The van der Waals surface area contributed by atoms with Gasteiger partial charge in [-0.05, 0) is 30.5 Å². The Kier molecular flexibility index (Phi) is 4.67. The van der Waals surface area contributed by atoms with E-state index in [4.69, 9.17) is 9.47 Å². The van der Waals surface area contributed by atoms with Gasteiger partial charge in [0.1, 0.15) is 11.8 Å². The van der Waals surface area contributed by atoms with E-state index in [0.29, 0.717) is 25.5 Å². The fraction of sp³-hybridized carbons (Fsp3) is 0.444. The molecule has 1 amide bonds. The lowest BCUT2D eigenvalue weighted by Crippen LogP contribution is -2.54. The minimum atomic E-state index is -0.0868. The number of pyridine rings is 1. The first kappa shape index (κ1) is 16.1. The molecule has 1 aliphatic heterocycles. The number of ether oxygens (including phenoxy) is 2. The lowest BCUT2D eigenvalue weighted by molar-refractivity contribution is -0.108. The molecule has 1 saturated heterocycles. The molecule has 2 aromatic heterocycles. The number of fused-ring (bicyclic) bond motifs is 1. The van der Waals surface area contributed by atoms with Crippen molar-refractivity contribution in [3.05, 3.63) is 54.4 Å². The minimum absolute atomic E-state index is 0.00405. The van der Waals surface area contributed by atoms with Gasteiger partial charge in [-0.3, -0.25) is 14.8 Å². The number of amides is 1. The van der Waals surface area contributed by atoms with E-state index in [2.05, 4.69) is 15.0 Å². The van der Waals surface area contributed by atoms with Crippen LogP contribution in [0.4, 0.5) is 0 Å². The first-order chi connectivity index (χ1) is 12.3. The van der Waals surface area contributed by atoms with Crippen LogP contribution in [0.15, 0.2) is 43.1 Å². The van der Waals surface area contributed by atoms with E-state index in [-0.39, 0.29) is 24.2 Å². The average molecular weight is 340 g/mol. The highest BCUT2D eigenvalue weighted by atomic mass is 16.5. The summed E-state index contributed by atoms with van der Waals surface area (Å²) in [5.74, 6) is -0.0822. The summed E-state index contributed by atoms with van der Waals surface area (Å²) in [6.45, 7) is 1.62. The molecule has 0 aromatic carbocycles. The Morgan fingerprint density at radius 2 is 2.08 bits per heavy atom. The third-order valence-electron chi connectivity index (χ3n) is 4.79. The number of hydrogen-bond acceptors (Lipinski definition) is 6. The van der Waals surface area contributed by atoms with E-state index in [9.17, 15) is 4.79 Å². The van der Waals surface area contributed by atoms with Crippen LogP contribution in [0.1, 0.15) is 28.9 Å². The quantitative estimate of drug-likeness (QED) is 0.839. The molecule has 0 radical (unpaired) electrons. The van der Waals surface area contributed by atoms with Crippen molar-refractivity contribution in [2.45, 2.75) is 37.7 Å². The minimum Gasteiger partial charge on any atom is -0.372 e. The molecule has 7 heteroatoms. The molecule has 2 aliphatic rings. The number of rotatable bonds is 4. The molecule has 1 aliphatic carbocycles. The standard InChI is InChI=1S/C18H20N4O3/c23-18(14-11-20-7-8-21-14)22-9-10-24-17-15(22)1-2-16(17)25-12-13-3-5-19-6-4-13/h3-8,11,15-17H,1-2,9-10,12H2/t15-,16-,17+/m0/s1. The Hall–Kier alpha value is -2.38. The van der Waals surface area contributed by atoms with Gasteiger partial charge < -0.3 is 14.4 Å². The Morgan fingerprint density at radius 1 is 1.20 bits per heavy atom. The average Bonchev–Trinajstić information content (AvgIpc) is 3.10. The highest BCUT2D eigenvalue weighted by Crippen LogP contribution is 2.33. The molecule has 1 saturated carbocycles. The second-order valence-corrected chi connectivity index (χ2v) is 6.27. The predicted octanol–water partition coefficient (Wildman–Crippen LogP) is 1.46. The van der Waals surface area contributed by atoms with Crippen molar-refractivity contribution in [2.24, 2.45) is 0 Å². The summed E-state index contributed by atoms with van der Waals surface area (Å²) in [5, 5.41) is 0. The van der Waals surface area contributed by atoms with Crippen LogP contribution in [-0.4, -0.2) is 57.2 Å². The molecule has 0 N–H and O–H groups in total. The molecular formula is C18H20N4O3. The zero-order valence-corrected chi connectivity index (χ0v) is 13.8. The summed E-state index contributed by atoms with van der Waals surface area (Å²) >= 11 is 0. The van der Waals surface area contributed by atoms with E-state index in [1.165, 1.54) is 6.20 Å². The molecule has 2 aromatic rings. The molecule has 0 bridgehead atoms. The molecule has 3 heterocycles. The van der Waals surface area contributed by atoms with Crippen LogP contribution >= 0.6 is 0 Å². The Balaban J connectivity index is 1.42. The SMILES string of the molecule is O=C(c1cnccn1)N1CCO[C@H]2[C@@H](OCc3ccncc3)CC[C@@H]21.